The smallest absolute Gasteiger partial charge is 0.0465 e. The van der Waals surface area contributed by atoms with Crippen molar-refractivity contribution in [3.05, 3.63) is 132 Å². The van der Waals surface area contributed by atoms with Crippen LogP contribution in [0.5, 0.6) is 0 Å². The predicted molar refractivity (Wildman–Crippen MR) is 177 cm³/mol. The monoisotopic (exact) mass is 541 g/mol. The second kappa shape index (κ2) is 8.19. The Kier molecular flexibility index (Phi) is 4.61. The van der Waals surface area contributed by atoms with Crippen molar-refractivity contribution in [1.82, 2.24) is 4.98 Å². The minimum absolute atomic E-state index is 0.0551. The van der Waals surface area contributed by atoms with E-state index in [1.807, 2.05) is 11.3 Å². The van der Waals surface area contributed by atoms with Crippen molar-refractivity contribution in [3.8, 4) is 33.4 Å². The Morgan fingerprint density at radius 2 is 1.17 bits per heavy atom. The molecule has 0 saturated carbocycles. The van der Waals surface area contributed by atoms with Gasteiger partial charge < -0.3 is 4.98 Å². The van der Waals surface area contributed by atoms with E-state index in [9.17, 15) is 0 Å². The molecular formula is C39H27NS. The first kappa shape index (κ1) is 23.1. The number of hydrogen-bond acceptors (Lipinski definition) is 1. The maximum atomic E-state index is 3.63. The van der Waals surface area contributed by atoms with Gasteiger partial charge in [0.05, 0.1) is 0 Å². The minimum atomic E-state index is -0.0551. The molecule has 1 aliphatic carbocycles. The fourth-order valence-corrected chi connectivity index (χ4v) is 8.33. The van der Waals surface area contributed by atoms with Crippen molar-refractivity contribution in [1.29, 1.82) is 0 Å². The van der Waals surface area contributed by atoms with Gasteiger partial charge in [0.1, 0.15) is 0 Å². The van der Waals surface area contributed by atoms with Crippen molar-refractivity contribution in [2.45, 2.75) is 19.3 Å². The third kappa shape index (κ3) is 3.23. The molecule has 0 amide bonds. The number of aromatic amines is 1. The van der Waals surface area contributed by atoms with Gasteiger partial charge in [-0.1, -0.05) is 98.8 Å². The van der Waals surface area contributed by atoms with Crippen LogP contribution in [0.3, 0.4) is 0 Å². The van der Waals surface area contributed by atoms with Crippen molar-refractivity contribution < 1.29 is 0 Å². The average Bonchev–Trinajstić information content (AvgIpc) is 3.64. The molecule has 0 atom stereocenters. The standard InChI is InChI=1S/C39H27NS/c1-39(2)32-17-16-28-27-10-6-7-11-36(27)41-38(28)37(32)29-15-12-26(22-33(29)39)25-14-19-35-31(21-25)30-20-24(13-18-34(30)40-35)23-8-4-3-5-9-23/h3-22,40H,1-2H3. The molecule has 2 heterocycles. The first-order valence-electron chi connectivity index (χ1n) is 14.3. The van der Waals surface area contributed by atoms with Gasteiger partial charge in [-0.2, -0.15) is 0 Å². The summed E-state index contributed by atoms with van der Waals surface area (Å²) in [4.78, 5) is 3.63. The van der Waals surface area contributed by atoms with Crippen LogP contribution >= 0.6 is 11.3 Å². The summed E-state index contributed by atoms with van der Waals surface area (Å²) in [6.45, 7) is 4.77. The van der Waals surface area contributed by atoms with Gasteiger partial charge in [0.15, 0.2) is 0 Å². The Labute approximate surface area is 242 Å². The average molecular weight is 542 g/mol. The second-order valence-corrected chi connectivity index (χ2v) is 12.9. The largest absolute Gasteiger partial charge is 0.355 e. The molecule has 0 spiro atoms. The first-order valence-corrected chi connectivity index (χ1v) is 15.1. The lowest BCUT2D eigenvalue weighted by atomic mass is 9.81. The summed E-state index contributed by atoms with van der Waals surface area (Å²) in [7, 11) is 0. The Morgan fingerprint density at radius 1 is 0.512 bits per heavy atom. The molecule has 6 aromatic carbocycles. The third-order valence-corrected chi connectivity index (χ3v) is 10.4. The molecule has 41 heavy (non-hydrogen) atoms. The highest BCUT2D eigenvalue weighted by molar-refractivity contribution is 7.26. The highest BCUT2D eigenvalue weighted by Crippen LogP contribution is 2.54. The molecule has 0 radical (unpaired) electrons. The molecule has 2 aromatic heterocycles. The zero-order valence-corrected chi connectivity index (χ0v) is 23.8. The minimum Gasteiger partial charge on any atom is -0.355 e. The van der Waals surface area contributed by atoms with Gasteiger partial charge in [-0.15, -0.1) is 11.3 Å². The van der Waals surface area contributed by atoms with Crippen LogP contribution in [-0.2, 0) is 5.41 Å². The normalized spacial score (nSPS) is 13.8. The molecule has 8 aromatic rings. The van der Waals surface area contributed by atoms with E-state index < -0.39 is 0 Å². The second-order valence-electron chi connectivity index (χ2n) is 11.9. The van der Waals surface area contributed by atoms with Crippen molar-refractivity contribution >= 4 is 53.3 Å². The molecule has 9 rings (SSSR count). The number of fused-ring (bicyclic) bond motifs is 10. The summed E-state index contributed by atoms with van der Waals surface area (Å²) < 4.78 is 2.78. The fourth-order valence-electron chi connectivity index (χ4n) is 7.07. The molecule has 1 aliphatic rings. The molecule has 0 aliphatic heterocycles. The maximum absolute atomic E-state index is 3.63. The Hall–Kier alpha value is -4.66. The molecule has 0 fully saturated rings. The summed E-state index contributed by atoms with van der Waals surface area (Å²) in [5.41, 5.74) is 13.0. The Morgan fingerprint density at radius 3 is 1.95 bits per heavy atom. The Balaban J connectivity index is 1.21. The molecule has 2 heteroatoms. The lowest BCUT2D eigenvalue weighted by Crippen LogP contribution is -2.14. The van der Waals surface area contributed by atoms with Crippen LogP contribution in [0.4, 0.5) is 0 Å². The van der Waals surface area contributed by atoms with Crippen LogP contribution in [-0.4, -0.2) is 4.98 Å². The van der Waals surface area contributed by atoms with Gasteiger partial charge in [-0.3, -0.25) is 0 Å². The van der Waals surface area contributed by atoms with Crippen LogP contribution in [0, 0.1) is 0 Å². The van der Waals surface area contributed by atoms with E-state index in [4.69, 9.17) is 0 Å². The van der Waals surface area contributed by atoms with Crippen LogP contribution in [0.2, 0.25) is 0 Å². The van der Waals surface area contributed by atoms with Gasteiger partial charge in [0.25, 0.3) is 0 Å². The van der Waals surface area contributed by atoms with Crippen molar-refractivity contribution in [3.63, 3.8) is 0 Å². The Bertz CT molecular complexity index is 2330. The summed E-state index contributed by atoms with van der Waals surface area (Å²) in [6, 6.07) is 44.9. The molecule has 1 nitrogen and oxygen atoms in total. The predicted octanol–water partition coefficient (Wildman–Crippen LogP) is 11.3. The highest BCUT2D eigenvalue weighted by Gasteiger charge is 2.37. The third-order valence-electron chi connectivity index (χ3n) is 9.22. The van der Waals surface area contributed by atoms with Crippen LogP contribution < -0.4 is 0 Å². The van der Waals surface area contributed by atoms with Gasteiger partial charge in [-0.05, 0) is 75.3 Å². The quantitative estimate of drug-likeness (QED) is 0.224. The van der Waals surface area contributed by atoms with Crippen molar-refractivity contribution in [2.75, 3.05) is 0 Å². The number of benzene rings is 6. The molecular weight excluding hydrogens is 515 g/mol. The highest BCUT2D eigenvalue weighted by atomic mass is 32.1. The zero-order valence-electron chi connectivity index (χ0n) is 23.0. The van der Waals surface area contributed by atoms with E-state index >= 15 is 0 Å². The molecule has 1 N–H and O–H groups in total. The van der Waals surface area contributed by atoms with Crippen LogP contribution in [0.15, 0.2) is 121 Å². The van der Waals surface area contributed by atoms with Gasteiger partial charge >= 0.3 is 0 Å². The SMILES string of the molecule is CC1(C)c2cc(-c3ccc4[nH]c5ccc(-c6ccccc6)cc5c4c3)ccc2-c2c1ccc1c2sc2ccccc21. The molecule has 0 unspecified atom stereocenters. The number of nitrogens with one attached hydrogen (secondary N) is 1. The van der Waals surface area contributed by atoms with Gasteiger partial charge in [0, 0.05) is 53.0 Å². The number of thiophene rings is 1. The van der Waals surface area contributed by atoms with E-state index in [-0.39, 0.29) is 5.41 Å². The zero-order chi connectivity index (χ0) is 27.3. The topological polar surface area (TPSA) is 15.8 Å². The number of rotatable bonds is 2. The lowest BCUT2D eigenvalue weighted by Gasteiger charge is -2.22. The fraction of sp³-hybridized carbons (Fsp3) is 0.0769. The number of hydrogen-bond donors (Lipinski definition) is 1. The van der Waals surface area contributed by atoms with E-state index in [1.165, 1.54) is 86.5 Å². The van der Waals surface area contributed by atoms with E-state index in [2.05, 4.69) is 140 Å². The number of aromatic nitrogens is 1. The first-order chi connectivity index (χ1) is 20.1. The summed E-state index contributed by atoms with van der Waals surface area (Å²) in [5, 5.41) is 5.27. The van der Waals surface area contributed by atoms with E-state index in [0.29, 0.717) is 0 Å². The molecule has 0 saturated heterocycles. The lowest BCUT2D eigenvalue weighted by molar-refractivity contribution is 0.661. The van der Waals surface area contributed by atoms with Crippen molar-refractivity contribution in [2.24, 2.45) is 0 Å². The van der Waals surface area contributed by atoms with Crippen LogP contribution in [0.25, 0.3) is 75.4 Å². The van der Waals surface area contributed by atoms with Gasteiger partial charge in [0.2, 0.25) is 0 Å². The maximum Gasteiger partial charge on any atom is 0.0465 e. The molecule has 0 bridgehead atoms. The van der Waals surface area contributed by atoms with E-state index in [1.54, 1.807) is 0 Å². The summed E-state index contributed by atoms with van der Waals surface area (Å²) in [5.74, 6) is 0. The summed E-state index contributed by atoms with van der Waals surface area (Å²) >= 11 is 1.93. The van der Waals surface area contributed by atoms with Crippen LogP contribution in [0.1, 0.15) is 25.0 Å². The number of H-pyrrole nitrogens is 1. The molecule has 194 valence electrons. The van der Waals surface area contributed by atoms with E-state index in [0.717, 1.165) is 0 Å². The van der Waals surface area contributed by atoms with Gasteiger partial charge in [-0.25, -0.2) is 0 Å². The summed E-state index contributed by atoms with van der Waals surface area (Å²) in [6.07, 6.45) is 0.